The second kappa shape index (κ2) is 8.18. The summed E-state index contributed by atoms with van der Waals surface area (Å²) < 4.78 is 6.14. The molecule has 0 unspecified atom stereocenters. The summed E-state index contributed by atoms with van der Waals surface area (Å²) in [7, 11) is 1.63. The fourth-order valence-corrected chi connectivity index (χ4v) is 4.76. The van der Waals surface area contributed by atoms with Gasteiger partial charge in [0.25, 0.3) is 6.47 Å². The number of nitrogens with zero attached hydrogens (tertiary/aromatic N) is 2. The molecule has 0 spiro atoms. The molecule has 26 heavy (non-hydrogen) atoms. The molecule has 2 N–H and O–H groups in total. The largest absolute Gasteiger partial charge is 0.496 e. The number of hydrogen-bond acceptors (Lipinski definition) is 5. The highest BCUT2D eigenvalue weighted by molar-refractivity contribution is 9.10. The number of ether oxygens (including phenoxy) is 1. The van der Waals surface area contributed by atoms with Crippen LogP contribution in [0.15, 0.2) is 16.6 Å². The number of carbonyl (C=O) groups is 2. The third-order valence-corrected chi connectivity index (χ3v) is 6.14. The predicted molar refractivity (Wildman–Crippen MR) is 101 cm³/mol. The molecule has 0 aliphatic carbocycles. The predicted octanol–water partition coefficient (Wildman–Crippen LogP) is 2.95. The summed E-state index contributed by atoms with van der Waals surface area (Å²) in [5, 5.41) is 15.0. The second-order valence-corrected chi connectivity index (χ2v) is 7.50. The monoisotopic (exact) mass is 423 g/mol. The van der Waals surface area contributed by atoms with Gasteiger partial charge in [-0.2, -0.15) is 5.10 Å². The SMILES string of the molecule is COc1ccc2[nH]nc(C(=O)C[C@H]3CN4CCC3CC4)c2c1Br.O=CO. The first-order chi connectivity index (χ1) is 12.6. The zero-order chi connectivity index (χ0) is 18.7. The molecule has 4 heterocycles. The third kappa shape index (κ3) is 3.61. The lowest BCUT2D eigenvalue weighted by molar-refractivity contribution is -0.122. The van der Waals surface area contributed by atoms with Crippen LogP contribution in [0.5, 0.6) is 5.75 Å². The van der Waals surface area contributed by atoms with Crippen molar-refractivity contribution >= 4 is 39.1 Å². The van der Waals surface area contributed by atoms with E-state index in [0.717, 1.165) is 27.7 Å². The van der Waals surface area contributed by atoms with Gasteiger partial charge in [0.1, 0.15) is 11.4 Å². The number of benzene rings is 1. The molecule has 5 rings (SSSR count). The molecule has 3 aliphatic rings. The van der Waals surface area contributed by atoms with Gasteiger partial charge >= 0.3 is 0 Å². The Labute approximate surface area is 159 Å². The molecule has 8 heteroatoms. The van der Waals surface area contributed by atoms with Crippen LogP contribution in [0.25, 0.3) is 10.9 Å². The first kappa shape index (κ1) is 18.8. The molecule has 3 aliphatic heterocycles. The van der Waals surface area contributed by atoms with Crippen LogP contribution >= 0.6 is 15.9 Å². The first-order valence-electron chi connectivity index (χ1n) is 8.63. The van der Waals surface area contributed by atoms with Crippen molar-refractivity contribution in [1.29, 1.82) is 0 Å². The molecule has 0 saturated carbocycles. The lowest BCUT2D eigenvalue weighted by Gasteiger charge is -2.44. The van der Waals surface area contributed by atoms with Gasteiger partial charge in [-0.25, -0.2) is 0 Å². The van der Waals surface area contributed by atoms with E-state index < -0.39 is 0 Å². The summed E-state index contributed by atoms with van der Waals surface area (Å²) in [6.07, 6.45) is 3.05. The van der Waals surface area contributed by atoms with Gasteiger partial charge in [0.2, 0.25) is 0 Å². The van der Waals surface area contributed by atoms with E-state index >= 15 is 0 Å². The van der Waals surface area contributed by atoms with E-state index in [1.165, 1.54) is 25.9 Å². The molecular weight excluding hydrogens is 402 g/mol. The highest BCUT2D eigenvalue weighted by Gasteiger charge is 2.35. The molecule has 2 bridgehead atoms. The van der Waals surface area contributed by atoms with Gasteiger partial charge in [-0.1, -0.05) is 0 Å². The van der Waals surface area contributed by atoms with Gasteiger partial charge in [-0.15, -0.1) is 0 Å². The first-order valence-corrected chi connectivity index (χ1v) is 9.42. The van der Waals surface area contributed by atoms with Crippen LogP contribution in [0, 0.1) is 11.8 Å². The molecule has 2 aromatic rings. The van der Waals surface area contributed by atoms with Crippen molar-refractivity contribution in [1.82, 2.24) is 15.1 Å². The molecule has 3 saturated heterocycles. The number of carboxylic acid groups (broad SMARTS) is 1. The van der Waals surface area contributed by atoms with E-state index in [-0.39, 0.29) is 12.3 Å². The highest BCUT2D eigenvalue weighted by Crippen LogP contribution is 2.37. The standard InChI is InChI=1S/C17H20BrN3O2.CH2O2/c1-23-14-3-2-12-15(16(14)18)17(20-19-12)13(22)8-11-9-21-6-4-10(11)5-7-21;2-1-3/h2-3,10-11H,4-9H2,1H3,(H,19,20);1H,(H,2,3)/t11-;/m0./s1. The minimum Gasteiger partial charge on any atom is -0.496 e. The van der Waals surface area contributed by atoms with Crippen LogP contribution in [-0.4, -0.2) is 59.2 Å². The summed E-state index contributed by atoms with van der Waals surface area (Å²) in [5.74, 6) is 2.02. The van der Waals surface area contributed by atoms with Crippen LogP contribution in [0.3, 0.4) is 0 Å². The molecule has 3 fully saturated rings. The number of carbonyl (C=O) groups excluding carboxylic acids is 1. The Bertz CT molecular complexity index is 799. The summed E-state index contributed by atoms with van der Waals surface area (Å²) >= 11 is 3.55. The summed E-state index contributed by atoms with van der Waals surface area (Å²) in [6, 6.07) is 3.77. The van der Waals surface area contributed by atoms with E-state index in [0.29, 0.717) is 24.0 Å². The van der Waals surface area contributed by atoms with Crippen molar-refractivity contribution in [2.45, 2.75) is 19.3 Å². The van der Waals surface area contributed by atoms with E-state index in [1.54, 1.807) is 7.11 Å². The smallest absolute Gasteiger partial charge is 0.290 e. The number of H-pyrrole nitrogens is 1. The average molecular weight is 424 g/mol. The minimum atomic E-state index is -0.250. The van der Waals surface area contributed by atoms with E-state index in [2.05, 4.69) is 31.0 Å². The van der Waals surface area contributed by atoms with Gasteiger partial charge in [-0.05, 0) is 65.8 Å². The quantitative estimate of drug-likeness (QED) is 0.579. The van der Waals surface area contributed by atoms with Crippen molar-refractivity contribution in [3.63, 3.8) is 0 Å². The Hall–Kier alpha value is -1.93. The third-order valence-electron chi connectivity index (χ3n) is 5.35. The van der Waals surface area contributed by atoms with E-state index in [9.17, 15) is 4.79 Å². The van der Waals surface area contributed by atoms with Crippen LogP contribution in [0.1, 0.15) is 29.8 Å². The van der Waals surface area contributed by atoms with Crippen LogP contribution in [-0.2, 0) is 4.79 Å². The van der Waals surface area contributed by atoms with Gasteiger partial charge < -0.3 is 14.7 Å². The van der Waals surface area contributed by atoms with Gasteiger partial charge in [-0.3, -0.25) is 14.7 Å². The fourth-order valence-electron chi connectivity index (χ4n) is 4.07. The number of Topliss-reactive ketones (excluding diaryl/α,β-unsaturated/α-hetero) is 1. The number of fused-ring (bicyclic) bond motifs is 4. The summed E-state index contributed by atoms with van der Waals surface area (Å²) in [5.41, 5.74) is 1.39. The normalized spacial score (nSPS) is 24.0. The van der Waals surface area contributed by atoms with Crippen LogP contribution in [0.2, 0.25) is 0 Å². The van der Waals surface area contributed by atoms with Crippen LogP contribution < -0.4 is 4.74 Å². The second-order valence-electron chi connectivity index (χ2n) is 6.71. The Morgan fingerprint density at radius 1 is 1.46 bits per heavy atom. The number of halogens is 1. The Morgan fingerprint density at radius 3 is 2.73 bits per heavy atom. The van der Waals surface area contributed by atoms with Crippen molar-refractivity contribution in [2.75, 3.05) is 26.7 Å². The molecular formula is C18H22BrN3O4. The number of nitrogens with one attached hydrogen (secondary N) is 1. The van der Waals surface area contributed by atoms with Crippen molar-refractivity contribution in [2.24, 2.45) is 11.8 Å². The van der Waals surface area contributed by atoms with Gasteiger partial charge in [0.05, 0.1) is 17.1 Å². The molecule has 0 amide bonds. The maximum absolute atomic E-state index is 12.9. The number of piperidine rings is 3. The van der Waals surface area contributed by atoms with Gasteiger partial charge in [0, 0.05) is 18.4 Å². The maximum atomic E-state index is 12.9. The average Bonchev–Trinajstić information content (AvgIpc) is 3.09. The molecule has 1 aromatic carbocycles. The topological polar surface area (TPSA) is 95.5 Å². The maximum Gasteiger partial charge on any atom is 0.290 e. The molecule has 1 aromatic heterocycles. The molecule has 7 nitrogen and oxygen atoms in total. The van der Waals surface area contributed by atoms with Crippen molar-refractivity contribution in [3.05, 3.63) is 22.3 Å². The molecule has 1 atom stereocenters. The number of hydrogen-bond donors (Lipinski definition) is 2. The minimum absolute atomic E-state index is 0.129. The van der Waals surface area contributed by atoms with Crippen molar-refractivity contribution < 1.29 is 19.4 Å². The zero-order valence-electron chi connectivity index (χ0n) is 14.6. The lowest BCUT2D eigenvalue weighted by Crippen LogP contribution is -2.47. The lowest BCUT2D eigenvalue weighted by atomic mass is 9.76. The summed E-state index contributed by atoms with van der Waals surface area (Å²) in [4.78, 5) is 23.7. The van der Waals surface area contributed by atoms with E-state index in [4.69, 9.17) is 14.6 Å². The van der Waals surface area contributed by atoms with E-state index in [1.807, 2.05) is 12.1 Å². The van der Waals surface area contributed by atoms with Crippen molar-refractivity contribution in [3.8, 4) is 5.75 Å². The Kier molecular flexibility index (Phi) is 5.93. The number of methoxy groups -OCH3 is 1. The number of ketones is 1. The Morgan fingerprint density at radius 2 is 2.15 bits per heavy atom. The number of rotatable bonds is 4. The zero-order valence-corrected chi connectivity index (χ0v) is 16.2. The van der Waals surface area contributed by atoms with Gasteiger partial charge in [0.15, 0.2) is 5.78 Å². The molecule has 0 radical (unpaired) electrons. The summed E-state index contributed by atoms with van der Waals surface area (Å²) in [6.45, 7) is 3.20. The Balaban J connectivity index is 0.000000613. The fraction of sp³-hybridized carbons (Fsp3) is 0.500. The molecule has 140 valence electrons. The number of aromatic amines is 1. The highest BCUT2D eigenvalue weighted by atomic mass is 79.9. The van der Waals surface area contributed by atoms with Crippen LogP contribution in [0.4, 0.5) is 0 Å². The number of aromatic nitrogens is 2.